The van der Waals surface area contributed by atoms with Crippen molar-refractivity contribution in [2.24, 2.45) is 0 Å². The van der Waals surface area contributed by atoms with Crippen LogP contribution in [0.2, 0.25) is 0 Å². The summed E-state index contributed by atoms with van der Waals surface area (Å²) in [5.41, 5.74) is 0. The van der Waals surface area contributed by atoms with Gasteiger partial charge < -0.3 is 4.74 Å². The maximum absolute atomic E-state index is 5.19. The van der Waals surface area contributed by atoms with Gasteiger partial charge in [0.2, 0.25) is 0 Å². The van der Waals surface area contributed by atoms with Gasteiger partial charge in [-0.3, -0.25) is 0 Å². The summed E-state index contributed by atoms with van der Waals surface area (Å²) >= 11 is 2.15. The van der Waals surface area contributed by atoms with Crippen LogP contribution in [0.25, 0.3) is 0 Å². The third kappa shape index (κ3) is 3.17. The lowest BCUT2D eigenvalue weighted by atomic mass is 10.6. The average Bonchev–Trinajstić information content (AvgIpc) is 2.09. The molecule has 0 aliphatic carbocycles. The lowest BCUT2D eigenvalue weighted by Gasteiger charge is -1.98. The fourth-order valence-electron chi connectivity index (χ4n) is 0.594. The predicted octanol–water partition coefficient (Wildman–Crippen LogP) is 2.04. The van der Waals surface area contributed by atoms with E-state index in [0.29, 0.717) is 12.6 Å². The van der Waals surface area contributed by atoms with Gasteiger partial charge >= 0.3 is 6.01 Å². The molecule has 0 aromatic carbocycles. The first-order chi connectivity index (χ1) is 5.83. The van der Waals surface area contributed by atoms with E-state index in [1.165, 1.54) is 0 Å². The normalized spacial score (nSPS) is 10.5. The number of hydrogen-bond acceptors (Lipinski definition) is 3. The van der Waals surface area contributed by atoms with Gasteiger partial charge in [0.25, 0.3) is 0 Å². The smallest absolute Gasteiger partial charge is 0.316 e. The molecule has 0 aliphatic heterocycles. The van der Waals surface area contributed by atoms with E-state index in [4.69, 9.17) is 4.74 Å². The molecule has 12 heavy (non-hydrogen) atoms. The Bertz CT molecular complexity index is 258. The number of allylic oxidation sites excluding steroid dienone is 1. The Morgan fingerprint density at radius 2 is 2.17 bits per heavy atom. The number of aromatic nitrogens is 2. The van der Waals surface area contributed by atoms with Crippen LogP contribution in [-0.2, 0) is 0 Å². The predicted molar refractivity (Wildman–Crippen MR) is 55.1 cm³/mol. The molecule has 3 nitrogen and oxygen atoms in total. The van der Waals surface area contributed by atoms with E-state index in [0.717, 1.165) is 3.57 Å². The fourth-order valence-corrected chi connectivity index (χ4v) is 0.872. The number of nitrogens with zero attached hydrogens (tertiary/aromatic N) is 2. The Kier molecular flexibility index (Phi) is 3.99. The highest BCUT2D eigenvalue weighted by molar-refractivity contribution is 14.1. The Balaban J connectivity index is 2.47. The van der Waals surface area contributed by atoms with Crippen molar-refractivity contribution in [1.29, 1.82) is 0 Å². The van der Waals surface area contributed by atoms with Crippen LogP contribution < -0.4 is 4.74 Å². The molecule has 0 saturated heterocycles. The summed E-state index contributed by atoms with van der Waals surface area (Å²) in [7, 11) is 0. The van der Waals surface area contributed by atoms with Crippen LogP contribution in [0, 0.1) is 3.57 Å². The van der Waals surface area contributed by atoms with Gasteiger partial charge in [-0.15, -0.1) is 0 Å². The van der Waals surface area contributed by atoms with Gasteiger partial charge in [0.15, 0.2) is 0 Å². The SMILES string of the molecule is C/C=C/COc1ncc(I)cn1. The first kappa shape index (κ1) is 9.44. The van der Waals surface area contributed by atoms with Crippen molar-refractivity contribution in [2.45, 2.75) is 6.92 Å². The molecule has 64 valence electrons. The molecular formula is C8H9IN2O. The second-order valence-corrected chi connectivity index (χ2v) is 3.31. The van der Waals surface area contributed by atoms with Crippen molar-refractivity contribution >= 4 is 22.6 Å². The number of hydrogen-bond donors (Lipinski definition) is 0. The van der Waals surface area contributed by atoms with Crippen LogP contribution in [0.4, 0.5) is 0 Å². The van der Waals surface area contributed by atoms with Crippen LogP contribution in [0.1, 0.15) is 6.92 Å². The van der Waals surface area contributed by atoms with Crippen LogP contribution in [0.15, 0.2) is 24.5 Å². The molecule has 0 radical (unpaired) electrons. The van der Waals surface area contributed by atoms with Gasteiger partial charge in [-0.05, 0) is 29.5 Å². The summed E-state index contributed by atoms with van der Waals surface area (Å²) in [5, 5.41) is 0. The van der Waals surface area contributed by atoms with E-state index in [1.807, 2.05) is 19.1 Å². The molecule has 0 atom stereocenters. The molecule has 0 fully saturated rings. The van der Waals surface area contributed by atoms with E-state index in [2.05, 4.69) is 32.6 Å². The molecule has 0 bridgehead atoms. The monoisotopic (exact) mass is 276 g/mol. The summed E-state index contributed by atoms with van der Waals surface area (Å²) in [4.78, 5) is 7.95. The minimum absolute atomic E-state index is 0.425. The topological polar surface area (TPSA) is 35.0 Å². The number of rotatable bonds is 3. The third-order valence-corrected chi connectivity index (χ3v) is 1.70. The second-order valence-electron chi connectivity index (χ2n) is 2.06. The van der Waals surface area contributed by atoms with Crippen LogP contribution >= 0.6 is 22.6 Å². The van der Waals surface area contributed by atoms with E-state index >= 15 is 0 Å². The molecule has 0 N–H and O–H groups in total. The van der Waals surface area contributed by atoms with E-state index in [1.54, 1.807) is 12.4 Å². The fraction of sp³-hybridized carbons (Fsp3) is 0.250. The molecule has 4 heteroatoms. The lowest BCUT2D eigenvalue weighted by molar-refractivity contribution is 0.332. The first-order valence-corrected chi connectivity index (χ1v) is 4.62. The summed E-state index contributed by atoms with van der Waals surface area (Å²) in [6, 6.07) is 0.425. The highest BCUT2D eigenvalue weighted by Gasteiger charge is 1.93. The molecule has 1 aromatic rings. The second kappa shape index (κ2) is 5.08. The maximum Gasteiger partial charge on any atom is 0.316 e. The number of ether oxygens (including phenoxy) is 1. The van der Waals surface area contributed by atoms with Gasteiger partial charge in [0, 0.05) is 16.0 Å². The minimum atomic E-state index is 0.425. The quantitative estimate of drug-likeness (QED) is 0.626. The molecule has 1 aromatic heterocycles. The van der Waals surface area contributed by atoms with Crippen molar-refractivity contribution in [1.82, 2.24) is 9.97 Å². The van der Waals surface area contributed by atoms with Gasteiger partial charge in [0.1, 0.15) is 6.61 Å². The van der Waals surface area contributed by atoms with Crippen LogP contribution in [0.5, 0.6) is 6.01 Å². The van der Waals surface area contributed by atoms with Gasteiger partial charge in [-0.25, -0.2) is 9.97 Å². The zero-order chi connectivity index (χ0) is 8.81. The maximum atomic E-state index is 5.19. The lowest BCUT2D eigenvalue weighted by Crippen LogP contribution is -1.97. The Morgan fingerprint density at radius 1 is 1.50 bits per heavy atom. The number of halogens is 1. The zero-order valence-corrected chi connectivity index (χ0v) is 8.85. The largest absolute Gasteiger partial charge is 0.459 e. The van der Waals surface area contributed by atoms with E-state index in [9.17, 15) is 0 Å². The van der Waals surface area contributed by atoms with Crippen molar-refractivity contribution in [3.8, 4) is 6.01 Å². The van der Waals surface area contributed by atoms with Gasteiger partial charge in [0.05, 0.1) is 0 Å². The molecule has 0 amide bonds. The molecule has 0 saturated carbocycles. The van der Waals surface area contributed by atoms with Crippen LogP contribution in [0.3, 0.4) is 0 Å². The molecule has 0 unspecified atom stereocenters. The van der Waals surface area contributed by atoms with Crippen molar-refractivity contribution < 1.29 is 4.74 Å². The first-order valence-electron chi connectivity index (χ1n) is 3.54. The zero-order valence-electron chi connectivity index (χ0n) is 6.70. The van der Waals surface area contributed by atoms with Crippen molar-refractivity contribution in [2.75, 3.05) is 6.61 Å². The molecule has 1 rings (SSSR count). The molecule has 0 spiro atoms. The summed E-state index contributed by atoms with van der Waals surface area (Å²) in [5.74, 6) is 0. The standard InChI is InChI=1S/C8H9IN2O/c1-2-3-4-12-8-10-5-7(9)6-11-8/h2-3,5-6H,4H2,1H3/b3-2+. The van der Waals surface area contributed by atoms with Gasteiger partial charge in [-0.2, -0.15) is 0 Å². The summed E-state index contributed by atoms with van der Waals surface area (Å²) in [6.45, 7) is 2.47. The minimum Gasteiger partial charge on any atom is -0.459 e. The van der Waals surface area contributed by atoms with Crippen molar-refractivity contribution in [3.05, 3.63) is 28.1 Å². The molecular weight excluding hydrogens is 267 g/mol. The van der Waals surface area contributed by atoms with E-state index < -0.39 is 0 Å². The van der Waals surface area contributed by atoms with Crippen molar-refractivity contribution in [3.63, 3.8) is 0 Å². The van der Waals surface area contributed by atoms with Gasteiger partial charge in [-0.1, -0.05) is 12.2 Å². The third-order valence-electron chi connectivity index (χ3n) is 1.14. The summed E-state index contributed by atoms with van der Waals surface area (Å²) < 4.78 is 6.19. The van der Waals surface area contributed by atoms with E-state index in [-0.39, 0.29) is 0 Å². The van der Waals surface area contributed by atoms with Crippen LogP contribution in [-0.4, -0.2) is 16.6 Å². The highest BCUT2D eigenvalue weighted by atomic mass is 127. The molecule has 1 heterocycles. The Hall–Kier alpha value is -0.650. The summed E-state index contributed by atoms with van der Waals surface area (Å²) in [6.07, 6.45) is 7.27. The average molecular weight is 276 g/mol. The highest BCUT2D eigenvalue weighted by Crippen LogP contribution is 2.04. The Labute approximate surface area is 85.0 Å². The molecule has 0 aliphatic rings. The Morgan fingerprint density at radius 3 is 2.75 bits per heavy atom.